The van der Waals surface area contributed by atoms with E-state index in [1.54, 1.807) is 25.3 Å². The van der Waals surface area contributed by atoms with Gasteiger partial charge < -0.3 is 14.2 Å². The average molecular weight is 406 g/mol. The van der Waals surface area contributed by atoms with Crippen molar-refractivity contribution in [2.75, 3.05) is 11.6 Å². The Balaban J connectivity index is 1.45. The van der Waals surface area contributed by atoms with E-state index in [4.69, 9.17) is 8.83 Å². The van der Waals surface area contributed by atoms with Crippen LogP contribution in [0.25, 0.3) is 22.7 Å². The SMILES string of the molecule is CSc1nc(-c2ccco2)nc(C)c1C(=O)Nc1ccc2oc(C3CC3)nc2c1. The second-order valence-electron chi connectivity index (χ2n) is 6.96. The number of benzene rings is 1. The number of rotatable bonds is 5. The highest BCUT2D eigenvalue weighted by Crippen LogP contribution is 2.40. The molecule has 1 fully saturated rings. The monoisotopic (exact) mass is 406 g/mol. The van der Waals surface area contributed by atoms with Crippen LogP contribution < -0.4 is 5.32 Å². The van der Waals surface area contributed by atoms with Crippen LogP contribution in [0.4, 0.5) is 5.69 Å². The fraction of sp³-hybridized carbons (Fsp3) is 0.238. The van der Waals surface area contributed by atoms with Crippen LogP contribution >= 0.6 is 11.8 Å². The lowest BCUT2D eigenvalue weighted by Crippen LogP contribution is -2.16. The quantitative estimate of drug-likeness (QED) is 0.366. The van der Waals surface area contributed by atoms with Gasteiger partial charge in [0, 0.05) is 11.6 Å². The molecule has 4 aromatic rings. The first-order chi connectivity index (χ1) is 14.1. The van der Waals surface area contributed by atoms with E-state index in [2.05, 4.69) is 20.3 Å². The largest absolute Gasteiger partial charge is 0.461 e. The molecule has 5 rings (SSSR count). The summed E-state index contributed by atoms with van der Waals surface area (Å²) < 4.78 is 11.2. The summed E-state index contributed by atoms with van der Waals surface area (Å²) in [5.41, 5.74) is 3.17. The summed E-state index contributed by atoms with van der Waals surface area (Å²) in [6.45, 7) is 1.80. The fourth-order valence-electron chi connectivity index (χ4n) is 3.19. The molecule has 8 heteroatoms. The summed E-state index contributed by atoms with van der Waals surface area (Å²) in [6, 6.07) is 9.05. The smallest absolute Gasteiger partial charge is 0.260 e. The predicted octanol–water partition coefficient (Wildman–Crippen LogP) is 5.04. The lowest BCUT2D eigenvalue weighted by atomic mass is 10.2. The summed E-state index contributed by atoms with van der Waals surface area (Å²) >= 11 is 1.39. The Labute approximate surface area is 170 Å². The minimum absolute atomic E-state index is 0.261. The minimum Gasteiger partial charge on any atom is -0.461 e. The number of carbonyl (C=O) groups is 1. The number of hydrogen-bond acceptors (Lipinski definition) is 7. The van der Waals surface area contributed by atoms with Crippen molar-refractivity contribution in [2.45, 2.75) is 30.7 Å². The second-order valence-corrected chi connectivity index (χ2v) is 7.75. The number of fused-ring (bicyclic) bond motifs is 1. The van der Waals surface area contributed by atoms with Gasteiger partial charge in [0.25, 0.3) is 5.91 Å². The molecule has 0 unspecified atom stereocenters. The molecule has 1 aliphatic rings. The number of thioether (sulfide) groups is 1. The van der Waals surface area contributed by atoms with Gasteiger partial charge in [-0.05, 0) is 56.4 Å². The van der Waals surface area contributed by atoms with Crippen LogP contribution in [-0.4, -0.2) is 27.1 Å². The van der Waals surface area contributed by atoms with E-state index in [0.717, 1.165) is 29.8 Å². The van der Waals surface area contributed by atoms with Gasteiger partial charge in [-0.25, -0.2) is 15.0 Å². The van der Waals surface area contributed by atoms with Crippen LogP contribution in [0.2, 0.25) is 0 Å². The highest BCUT2D eigenvalue weighted by atomic mass is 32.2. The summed E-state index contributed by atoms with van der Waals surface area (Å²) in [7, 11) is 0. The summed E-state index contributed by atoms with van der Waals surface area (Å²) in [4.78, 5) is 26.5. The number of hydrogen-bond donors (Lipinski definition) is 1. The van der Waals surface area contributed by atoms with Crippen LogP contribution in [0, 0.1) is 6.92 Å². The van der Waals surface area contributed by atoms with Crippen LogP contribution in [0.1, 0.15) is 40.7 Å². The predicted molar refractivity (Wildman–Crippen MR) is 110 cm³/mol. The van der Waals surface area contributed by atoms with Crippen LogP contribution in [0.3, 0.4) is 0 Å². The summed E-state index contributed by atoms with van der Waals surface area (Å²) in [5, 5.41) is 3.53. The van der Waals surface area contributed by atoms with Gasteiger partial charge in [0.2, 0.25) is 0 Å². The van der Waals surface area contributed by atoms with E-state index < -0.39 is 0 Å². The third-order valence-corrected chi connectivity index (χ3v) is 5.49. The molecule has 3 heterocycles. The molecule has 1 N–H and O–H groups in total. The number of amides is 1. The molecule has 1 aliphatic carbocycles. The average Bonchev–Trinajstić information content (AvgIpc) is 3.25. The van der Waals surface area contributed by atoms with E-state index in [0.29, 0.717) is 39.5 Å². The van der Waals surface area contributed by atoms with Crippen LogP contribution in [-0.2, 0) is 0 Å². The Morgan fingerprint density at radius 3 is 2.79 bits per heavy atom. The van der Waals surface area contributed by atoms with Gasteiger partial charge in [-0.2, -0.15) is 0 Å². The molecule has 0 radical (unpaired) electrons. The standard InChI is InChI=1S/C21H18N4O3S/c1-11-17(21(29-2)25-18(22-11)16-4-3-9-27-16)19(26)23-13-7-8-15-14(10-13)24-20(28-15)12-5-6-12/h3-4,7-10,12H,5-6H2,1-2H3,(H,23,26). The van der Waals surface area contributed by atoms with E-state index in [9.17, 15) is 4.79 Å². The number of nitrogens with one attached hydrogen (secondary N) is 1. The summed E-state index contributed by atoms with van der Waals surface area (Å²) in [5.74, 6) is 1.99. The first kappa shape index (κ1) is 17.9. The maximum absolute atomic E-state index is 13.0. The molecule has 0 bridgehead atoms. The molecule has 0 aliphatic heterocycles. The van der Waals surface area contributed by atoms with Crippen molar-refractivity contribution in [3.63, 3.8) is 0 Å². The van der Waals surface area contributed by atoms with Crippen molar-refractivity contribution in [1.29, 1.82) is 0 Å². The zero-order valence-corrected chi connectivity index (χ0v) is 16.7. The number of aryl methyl sites for hydroxylation is 1. The molecule has 1 saturated carbocycles. The second kappa shape index (κ2) is 7.04. The Hall–Kier alpha value is -3.13. The van der Waals surface area contributed by atoms with Gasteiger partial charge in [-0.15, -0.1) is 11.8 Å². The Kier molecular flexibility index (Phi) is 4.35. The molecular weight excluding hydrogens is 388 g/mol. The van der Waals surface area contributed by atoms with Crippen molar-refractivity contribution >= 4 is 34.5 Å². The third kappa shape index (κ3) is 3.40. The van der Waals surface area contributed by atoms with Gasteiger partial charge in [-0.3, -0.25) is 4.79 Å². The fourth-order valence-corrected chi connectivity index (χ4v) is 3.82. The van der Waals surface area contributed by atoms with Crippen molar-refractivity contribution in [1.82, 2.24) is 15.0 Å². The van der Waals surface area contributed by atoms with E-state index in [1.165, 1.54) is 11.8 Å². The Bertz CT molecular complexity index is 1210. The molecule has 146 valence electrons. The summed E-state index contributed by atoms with van der Waals surface area (Å²) in [6.07, 6.45) is 5.70. The number of anilines is 1. The van der Waals surface area contributed by atoms with Crippen molar-refractivity contribution in [3.05, 3.63) is 53.7 Å². The molecule has 0 spiro atoms. The Morgan fingerprint density at radius 2 is 2.07 bits per heavy atom. The van der Waals surface area contributed by atoms with E-state index >= 15 is 0 Å². The lowest BCUT2D eigenvalue weighted by Gasteiger charge is -2.11. The van der Waals surface area contributed by atoms with Gasteiger partial charge in [0.05, 0.1) is 17.5 Å². The first-order valence-electron chi connectivity index (χ1n) is 9.30. The zero-order valence-electron chi connectivity index (χ0n) is 15.9. The highest BCUT2D eigenvalue weighted by molar-refractivity contribution is 7.98. The number of aromatic nitrogens is 3. The number of nitrogens with zero attached hydrogens (tertiary/aromatic N) is 3. The van der Waals surface area contributed by atoms with Gasteiger partial charge in [0.1, 0.15) is 10.5 Å². The number of carbonyl (C=O) groups excluding carboxylic acids is 1. The van der Waals surface area contributed by atoms with E-state index in [-0.39, 0.29) is 5.91 Å². The first-order valence-corrected chi connectivity index (χ1v) is 10.5. The molecule has 0 saturated heterocycles. The molecule has 7 nitrogen and oxygen atoms in total. The molecule has 0 atom stereocenters. The van der Waals surface area contributed by atoms with Crippen molar-refractivity contribution in [2.24, 2.45) is 0 Å². The van der Waals surface area contributed by atoms with Gasteiger partial charge in [0.15, 0.2) is 23.1 Å². The normalized spacial score (nSPS) is 13.7. The zero-order chi connectivity index (χ0) is 20.0. The Morgan fingerprint density at radius 1 is 1.21 bits per heavy atom. The van der Waals surface area contributed by atoms with Gasteiger partial charge in [-0.1, -0.05) is 0 Å². The van der Waals surface area contributed by atoms with Crippen molar-refractivity contribution in [3.8, 4) is 11.6 Å². The van der Waals surface area contributed by atoms with E-state index in [1.807, 2.05) is 24.5 Å². The topological polar surface area (TPSA) is 94.0 Å². The highest BCUT2D eigenvalue weighted by Gasteiger charge is 2.29. The molecule has 3 aromatic heterocycles. The van der Waals surface area contributed by atoms with Gasteiger partial charge >= 0.3 is 0 Å². The van der Waals surface area contributed by atoms with Crippen molar-refractivity contribution < 1.29 is 13.6 Å². The number of furan rings is 1. The molecule has 1 amide bonds. The maximum atomic E-state index is 13.0. The maximum Gasteiger partial charge on any atom is 0.260 e. The minimum atomic E-state index is -0.261. The molecular formula is C21H18N4O3S. The number of oxazole rings is 1. The van der Waals surface area contributed by atoms with Crippen LogP contribution in [0.15, 0.2) is 50.5 Å². The molecule has 29 heavy (non-hydrogen) atoms. The van der Waals surface area contributed by atoms with Crippen LogP contribution in [0.5, 0.6) is 0 Å². The molecule has 1 aromatic carbocycles. The lowest BCUT2D eigenvalue weighted by molar-refractivity contribution is 0.102. The third-order valence-electron chi connectivity index (χ3n) is 4.81.